The molecular weight excluding hydrogens is 332 g/mol. The second kappa shape index (κ2) is 6.29. The van der Waals surface area contributed by atoms with Crippen molar-refractivity contribution in [2.24, 2.45) is 5.92 Å². The molecule has 0 radical (unpaired) electrons. The van der Waals surface area contributed by atoms with Gasteiger partial charge >= 0.3 is 5.97 Å². The third kappa shape index (κ3) is 2.94. The SMILES string of the molecule is O=C1CCc2cc(-c3cccc(N4CC(C(=O)O)CC4=O)c3)ccc2N1. The van der Waals surface area contributed by atoms with E-state index >= 15 is 0 Å². The molecule has 6 heteroatoms. The molecule has 2 N–H and O–H groups in total. The maximum atomic E-state index is 12.2. The van der Waals surface area contributed by atoms with Crippen LogP contribution in [-0.4, -0.2) is 29.4 Å². The van der Waals surface area contributed by atoms with Gasteiger partial charge < -0.3 is 15.3 Å². The second-order valence-electron chi connectivity index (χ2n) is 6.71. The van der Waals surface area contributed by atoms with Crippen LogP contribution in [-0.2, 0) is 20.8 Å². The molecule has 1 fully saturated rings. The Morgan fingerprint density at radius 2 is 1.88 bits per heavy atom. The van der Waals surface area contributed by atoms with Crippen molar-refractivity contribution in [1.29, 1.82) is 0 Å². The van der Waals surface area contributed by atoms with E-state index in [9.17, 15) is 14.4 Å². The number of nitrogens with one attached hydrogen (secondary N) is 1. The van der Waals surface area contributed by atoms with E-state index in [0.29, 0.717) is 18.5 Å². The molecule has 26 heavy (non-hydrogen) atoms. The van der Waals surface area contributed by atoms with Crippen molar-refractivity contribution in [2.45, 2.75) is 19.3 Å². The number of amides is 2. The highest BCUT2D eigenvalue weighted by Gasteiger charge is 2.35. The van der Waals surface area contributed by atoms with Crippen molar-refractivity contribution in [3.8, 4) is 11.1 Å². The zero-order chi connectivity index (χ0) is 18.3. The molecule has 132 valence electrons. The molecular formula is C20H18N2O4. The number of fused-ring (bicyclic) bond motifs is 1. The summed E-state index contributed by atoms with van der Waals surface area (Å²) in [6, 6.07) is 13.5. The Morgan fingerprint density at radius 1 is 1.08 bits per heavy atom. The normalized spacial score (nSPS) is 19.2. The number of carboxylic acid groups (broad SMARTS) is 1. The Kier molecular flexibility index (Phi) is 3.95. The molecule has 2 aromatic rings. The zero-order valence-electron chi connectivity index (χ0n) is 14.1. The summed E-state index contributed by atoms with van der Waals surface area (Å²) in [4.78, 5) is 36.4. The van der Waals surface area contributed by atoms with Crippen molar-refractivity contribution in [3.63, 3.8) is 0 Å². The average Bonchev–Trinajstić information content (AvgIpc) is 3.03. The van der Waals surface area contributed by atoms with E-state index in [1.54, 1.807) is 4.90 Å². The van der Waals surface area contributed by atoms with Crippen molar-refractivity contribution < 1.29 is 19.5 Å². The van der Waals surface area contributed by atoms with Crippen LogP contribution >= 0.6 is 0 Å². The highest BCUT2D eigenvalue weighted by atomic mass is 16.4. The Morgan fingerprint density at radius 3 is 2.65 bits per heavy atom. The van der Waals surface area contributed by atoms with Crippen LogP contribution in [0.25, 0.3) is 11.1 Å². The number of carbonyl (C=O) groups excluding carboxylic acids is 2. The number of carboxylic acids is 1. The number of nitrogens with zero attached hydrogens (tertiary/aromatic N) is 1. The molecule has 2 aromatic carbocycles. The molecule has 2 aliphatic heterocycles. The minimum absolute atomic E-state index is 0.0350. The Labute approximate surface area is 150 Å². The van der Waals surface area contributed by atoms with E-state index in [1.165, 1.54) is 0 Å². The van der Waals surface area contributed by atoms with E-state index < -0.39 is 11.9 Å². The van der Waals surface area contributed by atoms with Gasteiger partial charge in [-0.05, 0) is 47.4 Å². The van der Waals surface area contributed by atoms with Gasteiger partial charge in [-0.25, -0.2) is 0 Å². The Bertz CT molecular complexity index is 922. The number of benzene rings is 2. The summed E-state index contributed by atoms with van der Waals surface area (Å²) in [5.74, 6) is -1.72. The third-order valence-electron chi connectivity index (χ3n) is 4.97. The molecule has 6 nitrogen and oxygen atoms in total. The largest absolute Gasteiger partial charge is 0.481 e. The predicted molar refractivity (Wildman–Crippen MR) is 96.9 cm³/mol. The highest BCUT2D eigenvalue weighted by Crippen LogP contribution is 2.32. The maximum Gasteiger partial charge on any atom is 0.308 e. The smallest absolute Gasteiger partial charge is 0.308 e. The molecule has 2 amide bonds. The van der Waals surface area contributed by atoms with E-state index in [4.69, 9.17) is 5.11 Å². The van der Waals surface area contributed by atoms with Crippen molar-refractivity contribution >= 4 is 29.2 Å². The first-order chi connectivity index (χ1) is 12.5. The van der Waals surface area contributed by atoms with E-state index in [2.05, 4.69) is 11.4 Å². The van der Waals surface area contributed by atoms with Crippen molar-refractivity contribution in [1.82, 2.24) is 0 Å². The monoisotopic (exact) mass is 350 g/mol. The fourth-order valence-corrected chi connectivity index (χ4v) is 3.54. The fourth-order valence-electron chi connectivity index (χ4n) is 3.54. The molecule has 0 spiro atoms. The van der Waals surface area contributed by atoms with E-state index in [0.717, 1.165) is 22.4 Å². The van der Waals surface area contributed by atoms with Gasteiger partial charge in [0.1, 0.15) is 0 Å². The first-order valence-electron chi connectivity index (χ1n) is 8.57. The molecule has 0 aromatic heterocycles. The zero-order valence-corrected chi connectivity index (χ0v) is 14.1. The van der Waals surface area contributed by atoms with Crippen LogP contribution < -0.4 is 10.2 Å². The van der Waals surface area contributed by atoms with Gasteiger partial charge in [-0.15, -0.1) is 0 Å². The lowest BCUT2D eigenvalue weighted by Gasteiger charge is -2.19. The van der Waals surface area contributed by atoms with Gasteiger partial charge in [-0.1, -0.05) is 18.2 Å². The number of aryl methyl sites for hydroxylation is 1. The standard InChI is InChI=1S/C20H18N2O4/c23-18-7-5-14-8-13(4-6-17(14)21-18)12-2-1-3-16(9-12)22-11-15(20(25)26)10-19(22)24/h1-4,6,8-9,15H,5,7,10-11H2,(H,21,23)(H,25,26). The van der Waals surface area contributed by atoms with Gasteiger partial charge in [0.2, 0.25) is 11.8 Å². The number of hydrogen-bond acceptors (Lipinski definition) is 3. The predicted octanol–water partition coefficient (Wildman–Crippen LogP) is 2.68. The minimum Gasteiger partial charge on any atom is -0.481 e. The summed E-state index contributed by atoms with van der Waals surface area (Å²) in [6.07, 6.45) is 1.23. The highest BCUT2D eigenvalue weighted by molar-refractivity contribution is 5.99. The molecule has 1 unspecified atom stereocenters. The summed E-state index contributed by atoms with van der Waals surface area (Å²) in [5, 5.41) is 12.0. The maximum absolute atomic E-state index is 12.2. The molecule has 2 aliphatic rings. The lowest BCUT2D eigenvalue weighted by molar-refractivity contribution is -0.141. The summed E-state index contributed by atoms with van der Waals surface area (Å²) < 4.78 is 0. The average molecular weight is 350 g/mol. The van der Waals surface area contributed by atoms with Crippen LogP contribution in [0, 0.1) is 5.92 Å². The van der Waals surface area contributed by atoms with Crippen LogP contribution in [0.15, 0.2) is 42.5 Å². The van der Waals surface area contributed by atoms with Crippen LogP contribution in [0.3, 0.4) is 0 Å². The fraction of sp³-hybridized carbons (Fsp3) is 0.250. The first-order valence-corrected chi connectivity index (χ1v) is 8.57. The molecule has 1 atom stereocenters. The van der Waals surface area contributed by atoms with E-state index in [1.807, 2.05) is 36.4 Å². The molecule has 0 aliphatic carbocycles. The minimum atomic E-state index is -0.936. The number of hydrogen-bond donors (Lipinski definition) is 2. The van der Waals surface area contributed by atoms with Gasteiger partial charge in [0.05, 0.1) is 5.92 Å². The van der Waals surface area contributed by atoms with Crippen molar-refractivity contribution in [2.75, 3.05) is 16.8 Å². The molecule has 0 saturated carbocycles. The second-order valence-corrected chi connectivity index (χ2v) is 6.71. The van der Waals surface area contributed by atoms with Crippen LogP contribution in [0.5, 0.6) is 0 Å². The number of rotatable bonds is 3. The topological polar surface area (TPSA) is 86.7 Å². The molecule has 0 bridgehead atoms. The molecule has 4 rings (SSSR count). The van der Waals surface area contributed by atoms with Gasteiger partial charge in [0.15, 0.2) is 0 Å². The number of carbonyl (C=O) groups is 3. The summed E-state index contributed by atoms with van der Waals surface area (Å²) in [5.41, 5.74) is 4.61. The lowest BCUT2D eigenvalue weighted by Crippen LogP contribution is -2.25. The van der Waals surface area contributed by atoms with Gasteiger partial charge in [0, 0.05) is 30.8 Å². The lowest BCUT2D eigenvalue weighted by atomic mass is 9.97. The van der Waals surface area contributed by atoms with Gasteiger partial charge in [-0.2, -0.15) is 0 Å². The Balaban J connectivity index is 1.63. The third-order valence-corrected chi connectivity index (χ3v) is 4.97. The number of anilines is 2. The summed E-state index contributed by atoms with van der Waals surface area (Å²) >= 11 is 0. The molecule has 2 heterocycles. The first kappa shape index (κ1) is 16.3. The summed E-state index contributed by atoms with van der Waals surface area (Å²) in [6.45, 7) is 0.202. The van der Waals surface area contributed by atoms with E-state index in [-0.39, 0.29) is 24.8 Å². The van der Waals surface area contributed by atoms with Crippen LogP contribution in [0.4, 0.5) is 11.4 Å². The van der Waals surface area contributed by atoms with Gasteiger partial charge in [-0.3, -0.25) is 14.4 Å². The Hall–Kier alpha value is -3.15. The van der Waals surface area contributed by atoms with Crippen LogP contribution in [0.2, 0.25) is 0 Å². The number of aliphatic carboxylic acids is 1. The summed E-state index contributed by atoms with van der Waals surface area (Å²) in [7, 11) is 0. The van der Waals surface area contributed by atoms with Gasteiger partial charge in [0.25, 0.3) is 0 Å². The molecule has 1 saturated heterocycles. The quantitative estimate of drug-likeness (QED) is 0.891. The van der Waals surface area contributed by atoms with Crippen molar-refractivity contribution in [3.05, 3.63) is 48.0 Å². The van der Waals surface area contributed by atoms with Crippen LogP contribution in [0.1, 0.15) is 18.4 Å².